The van der Waals surface area contributed by atoms with Crippen LogP contribution in [0.25, 0.3) is 0 Å². The van der Waals surface area contributed by atoms with Crippen molar-refractivity contribution in [2.24, 2.45) is 0 Å². The van der Waals surface area contributed by atoms with Gasteiger partial charge in [0.15, 0.2) is 5.22 Å². The van der Waals surface area contributed by atoms with Gasteiger partial charge in [-0.2, -0.15) is 0 Å². The number of rotatable bonds is 3. The zero-order valence-corrected chi connectivity index (χ0v) is 12.2. The molecule has 21 heavy (non-hydrogen) atoms. The van der Waals surface area contributed by atoms with E-state index in [0.717, 1.165) is 5.56 Å². The first-order valence-electron chi connectivity index (χ1n) is 6.66. The van der Waals surface area contributed by atoms with E-state index in [2.05, 4.69) is 10.6 Å². The lowest BCUT2D eigenvalue weighted by molar-refractivity contribution is 0.0957. The van der Waals surface area contributed by atoms with Gasteiger partial charge in [0.1, 0.15) is 18.1 Å². The van der Waals surface area contributed by atoms with Crippen molar-refractivity contribution in [3.05, 3.63) is 52.4 Å². The summed E-state index contributed by atoms with van der Waals surface area (Å²) in [6, 6.07) is 8.86. The van der Waals surface area contributed by atoms with Gasteiger partial charge in [-0.1, -0.05) is 6.07 Å². The smallest absolute Gasteiger partial charge is 0.255 e. The van der Waals surface area contributed by atoms with Gasteiger partial charge < -0.3 is 19.8 Å². The predicted molar refractivity (Wildman–Crippen MR) is 78.9 cm³/mol. The lowest BCUT2D eigenvalue weighted by Gasteiger charge is -2.16. The van der Waals surface area contributed by atoms with Crippen LogP contribution in [-0.4, -0.2) is 26.1 Å². The Hall–Kier alpha value is -1.98. The van der Waals surface area contributed by atoms with Gasteiger partial charge in [-0.25, -0.2) is 0 Å². The first-order chi connectivity index (χ1) is 10.2. The molecule has 2 heterocycles. The Bertz CT molecular complexity index is 669. The highest BCUT2D eigenvalue weighted by atomic mass is 35.5. The number of halogens is 1. The van der Waals surface area contributed by atoms with Gasteiger partial charge in [0.2, 0.25) is 0 Å². The zero-order valence-electron chi connectivity index (χ0n) is 11.5. The van der Waals surface area contributed by atoms with Crippen LogP contribution in [0, 0.1) is 0 Å². The molecule has 6 heteroatoms. The van der Waals surface area contributed by atoms with Gasteiger partial charge in [-0.3, -0.25) is 4.79 Å². The van der Waals surface area contributed by atoms with Crippen LogP contribution in [0.15, 0.2) is 34.7 Å². The second-order valence-corrected chi connectivity index (χ2v) is 5.10. The van der Waals surface area contributed by atoms with E-state index in [1.807, 2.05) is 31.3 Å². The molecule has 1 atom stereocenters. The first-order valence-corrected chi connectivity index (χ1v) is 7.04. The van der Waals surface area contributed by atoms with Gasteiger partial charge in [0, 0.05) is 0 Å². The number of furan rings is 1. The van der Waals surface area contributed by atoms with Crippen LogP contribution < -0.4 is 15.4 Å². The molecule has 1 amide bonds. The van der Waals surface area contributed by atoms with Gasteiger partial charge in [0.25, 0.3) is 5.91 Å². The van der Waals surface area contributed by atoms with E-state index in [4.69, 9.17) is 20.8 Å². The van der Waals surface area contributed by atoms with Crippen LogP contribution in [0.3, 0.4) is 0 Å². The lowest BCUT2D eigenvalue weighted by atomic mass is 10.0. The molecule has 110 valence electrons. The second kappa shape index (κ2) is 5.79. The van der Waals surface area contributed by atoms with Crippen LogP contribution in [-0.2, 0) is 0 Å². The van der Waals surface area contributed by atoms with Crippen LogP contribution in [0.1, 0.15) is 27.7 Å². The number of nitrogens with one attached hydrogen (secondary N) is 2. The third-order valence-electron chi connectivity index (χ3n) is 3.39. The number of ether oxygens (including phenoxy) is 1. The van der Waals surface area contributed by atoms with E-state index in [9.17, 15) is 4.79 Å². The maximum Gasteiger partial charge on any atom is 0.255 e. The molecule has 1 aromatic carbocycles. The number of carbonyl (C=O) groups is 1. The van der Waals surface area contributed by atoms with Crippen LogP contribution in [0.2, 0.25) is 5.22 Å². The van der Waals surface area contributed by atoms with E-state index < -0.39 is 0 Å². The summed E-state index contributed by atoms with van der Waals surface area (Å²) in [7, 11) is 1.82. The van der Waals surface area contributed by atoms with Crippen molar-refractivity contribution in [2.45, 2.75) is 6.04 Å². The second-order valence-electron chi connectivity index (χ2n) is 4.72. The SMILES string of the molecule is CNC(c1ccc2c(c1)C(=O)NCCO2)c1ccc(Cl)o1. The Kier molecular flexibility index (Phi) is 3.86. The minimum absolute atomic E-state index is 0.128. The Balaban J connectivity index is 2.00. The van der Waals surface area contributed by atoms with Crippen molar-refractivity contribution >= 4 is 17.5 Å². The fraction of sp³-hybridized carbons (Fsp3) is 0.267. The summed E-state index contributed by atoms with van der Waals surface area (Å²) < 4.78 is 11.0. The number of hydrogen-bond donors (Lipinski definition) is 2. The molecule has 2 aromatic rings. The van der Waals surface area contributed by atoms with Crippen molar-refractivity contribution in [2.75, 3.05) is 20.2 Å². The first kappa shape index (κ1) is 14.0. The molecule has 1 aliphatic heterocycles. The summed E-state index contributed by atoms with van der Waals surface area (Å²) in [6.07, 6.45) is 0. The molecule has 0 aliphatic carbocycles. The molecule has 5 nitrogen and oxygen atoms in total. The molecule has 0 saturated heterocycles. The van der Waals surface area contributed by atoms with Gasteiger partial charge in [-0.05, 0) is 48.5 Å². The summed E-state index contributed by atoms with van der Waals surface area (Å²) in [5.74, 6) is 1.16. The number of fused-ring (bicyclic) bond motifs is 1. The highest BCUT2D eigenvalue weighted by Crippen LogP contribution is 2.29. The number of carbonyl (C=O) groups excluding carboxylic acids is 1. The molecule has 0 bridgehead atoms. The summed E-state index contributed by atoms with van der Waals surface area (Å²) in [5, 5.41) is 6.29. The average Bonchev–Trinajstić information content (AvgIpc) is 2.82. The van der Waals surface area contributed by atoms with E-state index >= 15 is 0 Å². The summed E-state index contributed by atoms with van der Waals surface area (Å²) >= 11 is 5.83. The third-order valence-corrected chi connectivity index (χ3v) is 3.60. The summed E-state index contributed by atoms with van der Waals surface area (Å²) in [5.41, 5.74) is 1.44. The van der Waals surface area contributed by atoms with E-state index in [1.54, 1.807) is 6.07 Å². The normalized spacial score (nSPS) is 15.6. The Morgan fingerprint density at radius 1 is 1.33 bits per heavy atom. The number of amides is 1. The molecule has 3 rings (SSSR count). The van der Waals surface area contributed by atoms with Crippen LogP contribution >= 0.6 is 11.6 Å². The Morgan fingerprint density at radius 3 is 2.90 bits per heavy atom. The number of benzene rings is 1. The summed E-state index contributed by atoms with van der Waals surface area (Å²) in [4.78, 5) is 12.1. The molecule has 2 N–H and O–H groups in total. The fourth-order valence-electron chi connectivity index (χ4n) is 2.41. The number of hydrogen-bond acceptors (Lipinski definition) is 4. The van der Waals surface area contributed by atoms with Crippen molar-refractivity contribution < 1.29 is 13.9 Å². The molecule has 0 spiro atoms. The minimum atomic E-state index is -0.182. The fourth-order valence-corrected chi connectivity index (χ4v) is 2.56. The van der Waals surface area contributed by atoms with Crippen molar-refractivity contribution in [1.29, 1.82) is 0 Å². The molecular formula is C15H15ClN2O3. The average molecular weight is 307 g/mol. The van der Waals surface area contributed by atoms with Crippen molar-refractivity contribution in [1.82, 2.24) is 10.6 Å². The van der Waals surface area contributed by atoms with Crippen molar-refractivity contribution in [3.63, 3.8) is 0 Å². The lowest BCUT2D eigenvalue weighted by Crippen LogP contribution is -2.24. The van der Waals surface area contributed by atoms with E-state index in [0.29, 0.717) is 35.4 Å². The van der Waals surface area contributed by atoms with E-state index in [1.165, 1.54) is 0 Å². The highest BCUT2D eigenvalue weighted by molar-refractivity contribution is 6.28. The molecule has 1 aromatic heterocycles. The molecular weight excluding hydrogens is 292 g/mol. The van der Waals surface area contributed by atoms with Crippen molar-refractivity contribution in [3.8, 4) is 5.75 Å². The quantitative estimate of drug-likeness (QED) is 0.914. The summed E-state index contributed by atoms with van der Waals surface area (Å²) in [6.45, 7) is 0.980. The van der Waals surface area contributed by atoms with E-state index in [-0.39, 0.29) is 11.9 Å². The highest BCUT2D eigenvalue weighted by Gasteiger charge is 2.21. The molecule has 1 unspecified atom stereocenters. The van der Waals surface area contributed by atoms with Crippen LogP contribution in [0.5, 0.6) is 5.75 Å². The van der Waals surface area contributed by atoms with Crippen LogP contribution in [0.4, 0.5) is 0 Å². The predicted octanol–water partition coefficient (Wildman–Crippen LogP) is 2.36. The maximum absolute atomic E-state index is 12.1. The maximum atomic E-state index is 12.1. The largest absolute Gasteiger partial charge is 0.491 e. The van der Waals surface area contributed by atoms with Gasteiger partial charge >= 0.3 is 0 Å². The molecule has 0 radical (unpaired) electrons. The molecule has 1 aliphatic rings. The molecule has 0 saturated carbocycles. The standard InChI is InChI=1S/C15H15ClN2O3/c1-17-14(12-4-5-13(16)21-12)9-2-3-11-10(8-9)15(19)18-6-7-20-11/h2-5,8,14,17H,6-7H2,1H3,(H,18,19). The monoisotopic (exact) mass is 306 g/mol. The Morgan fingerprint density at radius 2 is 2.19 bits per heavy atom. The third kappa shape index (κ3) is 2.75. The zero-order chi connectivity index (χ0) is 14.8. The Labute approximate surface area is 127 Å². The molecule has 0 fully saturated rings. The van der Waals surface area contributed by atoms with Gasteiger partial charge in [-0.15, -0.1) is 0 Å². The minimum Gasteiger partial charge on any atom is -0.491 e. The van der Waals surface area contributed by atoms with Gasteiger partial charge in [0.05, 0.1) is 18.2 Å². The topological polar surface area (TPSA) is 63.5 Å².